The summed E-state index contributed by atoms with van der Waals surface area (Å²) in [6.45, 7) is 9.55. The minimum Gasteiger partial charge on any atom is -0.497 e. The van der Waals surface area contributed by atoms with Crippen LogP contribution in [0.25, 0.3) is 0 Å². The average molecular weight is 556 g/mol. The standard InChI is InChI=1S/C31H41NO8/c1-19(2)38-25(33)17-31(11-6-9-29(3,4)40-31)28(34)39-27-24(35-5)16-30-10-7-12-32(30)13-8-20-14-22-23(37-18-36-22)15-21(20)26(27)30/h14-16,19,26-27H,6-13,17-18H2,1-5H3/t26-,27?,30-,31+/m1/s1. The zero-order valence-corrected chi connectivity index (χ0v) is 24.2. The van der Waals surface area contributed by atoms with Crippen molar-refractivity contribution in [2.75, 3.05) is 27.0 Å². The molecule has 4 atom stereocenters. The van der Waals surface area contributed by atoms with Crippen molar-refractivity contribution in [3.63, 3.8) is 0 Å². The second kappa shape index (κ2) is 9.94. The van der Waals surface area contributed by atoms with E-state index in [9.17, 15) is 9.59 Å². The zero-order valence-electron chi connectivity index (χ0n) is 24.2. The van der Waals surface area contributed by atoms with Gasteiger partial charge in [-0.25, -0.2) is 4.79 Å². The number of benzene rings is 1. The van der Waals surface area contributed by atoms with E-state index in [1.807, 2.05) is 13.8 Å². The highest BCUT2D eigenvalue weighted by Gasteiger charge is 2.60. The van der Waals surface area contributed by atoms with Crippen molar-refractivity contribution >= 4 is 11.9 Å². The molecule has 9 nitrogen and oxygen atoms in total. The first kappa shape index (κ1) is 27.4. The van der Waals surface area contributed by atoms with Crippen molar-refractivity contribution in [2.24, 2.45) is 0 Å². The fourth-order valence-corrected chi connectivity index (χ4v) is 7.63. The molecule has 0 bridgehead atoms. The number of ether oxygens (including phenoxy) is 6. The molecule has 0 amide bonds. The minimum absolute atomic E-state index is 0.191. The second-order valence-electron chi connectivity index (χ2n) is 12.7. The summed E-state index contributed by atoms with van der Waals surface area (Å²) in [5, 5.41) is 0. The molecule has 4 aliphatic heterocycles. The van der Waals surface area contributed by atoms with Crippen LogP contribution in [0.2, 0.25) is 0 Å². The monoisotopic (exact) mass is 555 g/mol. The minimum atomic E-state index is -1.43. The van der Waals surface area contributed by atoms with E-state index < -0.39 is 29.2 Å². The number of fused-ring (bicyclic) bond motifs is 3. The molecule has 9 heteroatoms. The molecule has 0 N–H and O–H groups in total. The maximum Gasteiger partial charge on any atom is 0.339 e. The molecule has 2 fully saturated rings. The Labute approximate surface area is 236 Å². The Morgan fingerprint density at radius 3 is 2.58 bits per heavy atom. The Hall–Kier alpha value is -2.78. The van der Waals surface area contributed by atoms with Crippen LogP contribution in [0.3, 0.4) is 0 Å². The summed E-state index contributed by atoms with van der Waals surface area (Å²) in [4.78, 5) is 29.7. The van der Waals surface area contributed by atoms with E-state index in [1.165, 1.54) is 5.56 Å². The number of carbonyl (C=O) groups is 2. The molecule has 1 aromatic rings. The van der Waals surface area contributed by atoms with E-state index >= 15 is 0 Å². The van der Waals surface area contributed by atoms with Crippen LogP contribution in [0.1, 0.15) is 83.3 Å². The van der Waals surface area contributed by atoms with E-state index in [0.717, 1.165) is 56.5 Å². The number of hydrogen-bond acceptors (Lipinski definition) is 9. The third-order valence-corrected chi connectivity index (χ3v) is 9.20. The molecule has 1 unspecified atom stereocenters. The number of esters is 2. The molecule has 1 spiro atoms. The lowest BCUT2D eigenvalue weighted by Gasteiger charge is -2.44. The van der Waals surface area contributed by atoms with Crippen molar-refractivity contribution in [3.05, 3.63) is 35.1 Å². The predicted molar refractivity (Wildman–Crippen MR) is 145 cm³/mol. The molecule has 1 aromatic carbocycles. The van der Waals surface area contributed by atoms with Crippen molar-refractivity contribution in [1.29, 1.82) is 0 Å². The normalized spacial score (nSPS) is 32.0. The molecule has 218 valence electrons. The Morgan fingerprint density at radius 1 is 1.07 bits per heavy atom. The highest BCUT2D eigenvalue weighted by atomic mass is 16.7. The molecule has 0 saturated carbocycles. The quantitative estimate of drug-likeness (QED) is 0.474. The van der Waals surface area contributed by atoms with Gasteiger partial charge >= 0.3 is 11.9 Å². The summed E-state index contributed by atoms with van der Waals surface area (Å²) in [6, 6.07) is 4.14. The molecular weight excluding hydrogens is 514 g/mol. The largest absolute Gasteiger partial charge is 0.497 e. The van der Waals surface area contributed by atoms with Crippen LogP contribution in [-0.2, 0) is 35.0 Å². The summed E-state index contributed by atoms with van der Waals surface area (Å²) >= 11 is 0. The fourth-order valence-electron chi connectivity index (χ4n) is 7.63. The molecule has 2 saturated heterocycles. The van der Waals surface area contributed by atoms with Crippen molar-refractivity contribution in [2.45, 2.75) is 108 Å². The molecule has 1 aliphatic carbocycles. The molecular formula is C31H41NO8. The van der Waals surface area contributed by atoms with Gasteiger partial charge < -0.3 is 28.4 Å². The van der Waals surface area contributed by atoms with Crippen LogP contribution in [0.4, 0.5) is 0 Å². The number of hydrogen-bond donors (Lipinski definition) is 0. The molecule has 4 heterocycles. The Balaban J connectivity index is 1.39. The molecule has 0 aromatic heterocycles. The Kier molecular flexibility index (Phi) is 6.81. The summed E-state index contributed by atoms with van der Waals surface area (Å²) < 4.78 is 35.8. The molecule has 5 aliphatic rings. The van der Waals surface area contributed by atoms with Gasteiger partial charge in [0.25, 0.3) is 0 Å². The third kappa shape index (κ3) is 4.55. The lowest BCUT2D eigenvalue weighted by Crippen LogP contribution is -2.54. The third-order valence-electron chi connectivity index (χ3n) is 9.20. The number of carbonyl (C=O) groups excluding carboxylic acids is 2. The van der Waals surface area contributed by atoms with Gasteiger partial charge in [0.1, 0.15) is 5.76 Å². The number of rotatable bonds is 6. The van der Waals surface area contributed by atoms with E-state index in [-0.39, 0.29) is 30.8 Å². The van der Waals surface area contributed by atoms with Crippen molar-refractivity contribution in [3.8, 4) is 11.5 Å². The lowest BCUT2D eigenvalue weighted by atomic mass is 9.77. The summed E-state index contributed by atoms with van der Waals surface area (Å²) in [6.07, 6.45) is 5.77. The maximum atomic E-state index is 14.3. The first-order valence-electron chi connectivity index (χ1n) is 14.6. The van der Waals surface area contributed by atoms with E-state index in [4.69, 9.17) is 28.4 Å². The number of methoxy groups -OCH3 is 1. The molecule has 0 radical (unpaired) electrons. The first-order valence-corrected chi connectivity index (χ1v) is 14.6. The van der Waals surface area contributed by atoms with Gasteiger partial charge in [-0.05, 0) is 102 Å². The zero-order chi connectivity index (χ0) is 28.3. The van der Waals surface area contributed by atoms with E-state index in [0.29, 0.717) is 17.9 Å². The van der Waals surface area contributed by atoms with Gasteiger partial charge in [0.05, 0.1) is 36.7 Å². The van der Waals surface area contributed by atoms with Crippen molar-refractivity contribution in [1.82, 2.24) is 4.90 Å². The second-order valence-corrected chi connectivity index (χ2v) is 12.7. The van der Waals surface area contributed by atoms with Gasteiger partial charge in [-0.1, -0.05) is 0 Å². The van der Waals surface area contributed by atoms with Crippen LogP contribution in [-0.4, -0.2) is 72.8 Å². The fraction of sp³-hybridized carbons (Fsp3) is 0.677. The molecule has 6 rings (SSSR count). The van der Waals surface area contributed by atoms with Gasteiger partial charge in [0, 0.05) is 6.54 Å². The topological polar surface area (TPSA) is 92.8 Å². The first-order chi connectivity index (χ1) is 19.1. The Bertz CT molecular complexity index is 1220. The number of nitrogens with zero attached hydrogens (tertiary/aromatic N) is 1. The van der Waals surface area contributed by atoms with Crippen LogP contribution >= 0.6 is 0 Å². The maximum absolute atomic E-state index is 14.3. The van der Waals surface area contributed by atoms with E-state index in [2.05, 4.69) is 23.1 Å². The van der Waals surface area contributed by atoms with E-state index in [1.54, 1.807) is 21.0 Å². The van der Waals surface area contributed by atoms with Gasteiger partial charge in [-0.2, -0.15) is 0 Å². The predicted octanol–water partition coefficient (Wildman–Crippen LogP) is 4.40. The highest BCUT2D eigenvalue weighted by Crippen LogP contribution is 2.56. The smallest absolute Gasteiger partial charge is 0.339 e. The van der Waals surface area contributed by atoms with Crippen LogP contribution in [0, 0.1) is 0 Å². The summed E-state index contributed by atoms with van der Waals surface area (Å²) in [7, 11) is 1.63. The summed E-state index contributed by atoms with van der Waals surface area (Å²) in [5.74, 6) is 0.887. The van der Waals surface area contributed by atoms with Gasteiger partial charge in [0.2, 0.25) is 6.79 Å². The lowest BCUT2D eigenvalue weighted by molar-refractivity contribution is -0.217. The van der Waals surface area contributed by atoms with Crippen molar-refractivity contribution < 1.29 is 38.0 Å². The van der Waals surface area contributed by atoms with Gasteiger partial charge in [-0.15, -0.1) is 0 Å². The van der Waals surface area contributed by atoms with Crippen LogP contribution in [0.5, 0.6) is 11.5 Å². The van der Waals surface area contributed by atoms with Gasteiger partial charge in [0.15, 0.2) is 23.2 Å². The SMILES string of the molecule is COC1=C[C@@]23CCCN2CCc2cc4c(cc2[C@@H]3C1OC(=O)[C@@]1(CC(=O)OC(C)C)CCCC(C)(C)O1)OCO4. The summed E-state index contributed by atoms with van der Waals surface area (Å²) in [5.41, 5.74) is -0.0967. The average Bonchev–Trinajstić information content (AvgIpc) is 3.56. The molecule has 40 heavy (non-hydrogen) atoms. The highest BCUT2D eigenvalue weighted by molar-refractivity contribution is 5.86. The Morgan fingerprint density at radius 2 is 1.85 bits per heavy atom. The van der Waals surface area contributed by atoms with Crippen LogP contribution < -0.4 is 9.47 Å². The van der Waals surface area contributed by atoms with Crippen LogP contribution in [0.15, 0.2) is 24.0 Å². The van der Waals surface area contributed by atoms with Gasteiger partial charge in [-0.3, -0.25) is 9.69 Å².